The largest absolute Gasteiger partial charge is 0.377 e. The quantitative estimate of drug-likeness (QED) is 0.724. The first-order valence-corrected chi connectivity index (χ1v) is 9.78. The van der Waals surface area contributed by atoms with Gasteiger partial charge in [-0.15, -0.1) is 11.3 Å². The molecule has 0 saturated heterocycles. The molecular formula is C17H28BrNOS. The number of hydrogen-bond donors (Lipinski definition) is 1. The van der Waals surface area contributed by atoms with Gasteiger partial charge in [-0.05, 0) is 73.0 Å². The second kappa shape index (κ2) is 8.09. The summed E-state index contributed by atoms with van der Waals surface area (Å²) >= 11 is 5.41. The number of methoxy groups -OCH3 is 1. The van der Waals surface area contributed by atoms with E-state index in [-0.39, 0.29) is 5.60 Å². The molecule has 0 aliphatic heterocycles. The van der Waals surface area contributed by atoms with Crippen molar-refractivity contribution >= 4 is 27.3 Å². The fraction of sp³-hybridized carbons (Fsp3) is 0.765. The number of thiophene rings is 1. The fourth-order valence-electron chi connectivity index (χ4n) is 3.37. The smallest absolute Gasteiger partial charge is 0.0834 e. The Morgan fingerprint density at radius 3 is 2.71 bits per heavy atom. The van der Waals surface area contributed by atoms with Crippen molar-refractivity contribution in [2.75, 3.05) is 13.7 Å². The molecule has 1 aliphatic rings. The lowest BCUT2D eigenvalue weighted by molar-refractivity contribution is -0.0743. The third-order valence-electron chi connectivity index (χ3n) is 4.83. The predicted octanol–water partition coefficient (Wildman–Crippen LogP) is 5.02. The van der Waals surface area contributed by atoms with Gasteiger partial charge in [-0.3, -0.25) is 0 Å². The minimum absolute atomic E-state index is 0.0120. The van der Waals surface area contributed by atoms with E-state index in [1.54, 1.807) is 0 Å². The molecule has 0 bridgehead atoms. The van der Waals surface area contributed by atoms with Crippen LogP contribution in [0.5, 0.6) is 0 Å². The third kappa shape index (κ3) is 4.54. The highest BCUT2D eigenvalue weighted by Crippen LogP contribution is 2.38. The van der Waals surface area contributed by atoms with Gasteiger partial charge in [0.15, 0.2) is 0 Å². The SMILES string of the molecule is CCCNC(Cc1cc(Br)cs1)C1(OC)CCC(C)CC1. The molecule has 1 heterocycles. The average Bonchev–Trinajstić information content (AvgIpc) is 2.90. The molecule has 1 atom stereocenters. The van der Waals surface area contributed by atoms with Gasteiger partial charge in [0, 0.05) is 27.9 Å². The zero-order valence-electron chi connectivity index (χ0n) is 13.5. The molecule has 1 aliphatic carbocycles. The van der Waals surface area contributed by atoms with Crippen LogP contribution in [-0.4, -0.2) is 25.3 Å². The summed E-state index contributed by atoms with van der Waals surface area (Å²) in [6, 6.07) is 2.67. The van der Waals surface area contributed by atoms with Gasteiger partial charge in [0.2, 0.25) is 0 Å². The Labute approximate surface area is 141 Å². The normalized spacial score (nSPS) is 27.7. The van der Waals surface area contributed by atoms with E-state index in [1.165, 1.54) is 41.5 Å². The van der Waals surface area contributed by atoms with Crippen LogP contribution in [0.15, 0.2) is 15.9 Å². The molecule has 1 fully saturated rings. The van der Waals surface area contributed by atoms with Crippen LogP contribution in [0.3, 0.4) is 0 Å². The van der Waals surface area contributed by atoms with Gasteiger partial charge >= 0.3 is 0 Å². The summed E-state index contributed by atoms with van der Waals surface area (Å²) in [5, 5.41) is 5.95. The Bertz CT molecular complexity index is 426. The lowest BCUT2D eigenvalue weighted by atomic mass is 9.74. The molecule has 1 saturated carbocycles. The van der Waals surface area contributed by atoms with Crippen molar-refractivity contribution in [2.45, 2.75) is 64.0 Å². The molecule has 0 spiro atoms. The number of ether oxygens (including phenoxy) is 1. The van der Waals surface area contributed by atoms with Crippen LogP contribution >= 0.6 is 27.3 Å². The summed E-state index contributed by atoms with van der Waals surface area (Å²) in [5.74, 6) is 0.844. The van der Waals surface area contributed by atoms with Gasteiger partial charge in [-0.1, -0.05) is 13.8 Å². The summed E-state index contributed by atoms with van der Waals surface area (Å²) in [6.07, 6.45) is 7.16. The van der Waals surface area contributed by atoms with Crippen molar-refractivity contribution in [2.24, 2.45) is 5.92 Å². The molecule has 4 heteroatoms. The Kier molecular flexibility index (Phi) is 6.73. The van der Waals surface area contributed by atoms with Crippen LogP contribution in [0.25, 0.3) is 0 Å². The number of nitrogens with one attached hydrogen (secondary N) is 1. The maximum atomic E-state index is 6.10. The molecule has 1 N–H and O–H groups in total. The van der Waals surface area contributed by atoms with E-state index in [0.717, 1.165) is 18.9 Å². The van der Waals surface area contributed by atoms with Crippen LogP contribution in [-0.2, 0) is 11.2 Å². The lowest BCUT2D eigenvalue weighted by Gasteiger charge is -2.44. The summed E-state index contributed by atoms with van der Waals surface area (Å²) < 4.78 is 7.29. The van der Waals surface area contributed by atoms with Crippen molar-refractivity contribution in [3.63, 3.8) is 0 Å². The van der Waals surface area contributed by atoms with Crippen LogP contribution in [0.4, 0.5) is 0 Å². The fourth-order valence-corrected chi connectivity index (χ4v) is 4.87. The molecule has 1 aromatic heterocycles. The first-order valence-electron chi connectivity index (χ1n) is 8.11. The minimum atomic E-state index is 0.0120. The van der Waals surface area contributed by atoms with Crippen molar-refractivity contribution in [3.05, 3.63) is 20.8 Å². The topological polar surface area (TPSA) is 21.3 Å². The monoisotopic (exact) mass is 373 g/mol. The Balaban J connectivity index is 2.12. The second-order valence-electron chi connectivity index (χ2n) is 6.39. The summed E-state index contributed by atoms with van der Waals surface area (Å²) in [7, 11) is 1.90. The van der Waals surface area contributed by atoms with E-state index in [2.05, 4.69) is 46.5 Å². The molecule has 2 rings (SSSR count). The second-order valence-corrected chi connectivity index (χ2v) is 8.30. The van der Waals surface area contributed by atoms with E-state index in [9.17, 15) is 0 Å². The van der Waals surface area contributed by atoms with Gasteiger partial charge in [-0.25, -0.2) is 0 Å². The Morgan fingerprint density at radius 1 is 1.48 bits per heavy atom. The van der Waals surface area contributed by atoms with Crippen molar-refractivity contribution in [1.82, 2.24) is 5.32 Å². The van der Waals surface area contributed by atoms with Crippen LogP contribution in [0.2, 0.25) is 0 Å². The summed E-state index contributed by atoms with van der Waals surface area (Å²) in [6.45, 7) is 5.66. The molecular weight excluding hydrogens is 346 g/mol. The number of halogens is 1. The molecule has 0 radical (unpaired) electrons. The summed E-state index contributed by atoms with van der Waals surface area (Å²) in [4.78, 5) is 1.44. The van der Waals surface area contributed by atoms with Gasteiger partial charge in [0.25, 0.3) is 0 Å². The Morgan fingerprint density at radius 2 is 2.19 bits per heavy atom. The maximum Gasteiger partial charge on any atom is 0.0834 e. The summed E-state index contributed by atoms with van der Waals surface area (Å²) in [5.41, 5.74) is 0.0120. The highest BCUT2D eigenvalue weighted by molar-refractivity contribution is 9.10. The minimum Gasteiger partial charge on any atom is -0.377 e. The van der Waals surface area contributed by atoms with Crippen LogP contribution < -0.4 is 5.32 Å². The molecule has 1 unspecified atom stereocenters. The average molecular weight is 374 g/mol. The van der Waals surface area contributed by atoms with Crippen LogP contribution in [0.1, 0.15) is 50.8 Å². The first kappa shape index (κ1) is 17.5. The van der Waals surface area contributed by atoms with Gasteiger partial charge in [-0.2, -0.15) is 0 Å². The standard InChI is InChI=1S/C17H28BrNOS/c1-4-9-19-16(11-15-10-14(18)12-21-15)17(20-3)7-5-13(2)6-8-17/h10,12-13,16,19H,4-9,11H2,1-3H3. The highest BCUT2D eigenvalue weighted by atomic mass is 79.9. The maximum absolute atomic E-state index is 6.10. The van der Waals surface area contributed by atoms with Gasteiger partial charge in [0.05, 0.1) is 5.60 Å². The molecule has 1 aromatic rings. The molecule has 0 amide bonds. The van der Waals surface area contributed by atoms with E-state index in [1.807, 2.05) is 18.4 Å². The van der Waals surface area contributed by atoms with Crippen molar-refractivity contribution < 1.29 is 4.74 Å². The van der Waals surface area contributed by atoms with E-state index < -0.39 is 0 Å². The zero-order chi connectivity index (χ0) is 15.3. The van der Waals surface area contributed by atoms with Crippen molar-refractivity contribution in [1.29, 1.82) is 0 Å². The lowest BCUT2D eigenvalue weighted by Crippen LogP contribution is -2.55. The molecule has 0 aromatic carbocycles. The molecule has 2 nitrogen and oxygen atoms in total. The van der Waals surface area contributed by atoms with Crippen LogP contribution in [0, 0.1) is 5.92 Å². The number of hydrogen-bond acceptors (Lipinski definition) is 3. The molecule has 21 heavy (non-hydrogen) atoms. The Hall–Kier alpha value is 0.1000. The van der Waals surface area contributed by atoms with Crippen molar-refractivity contribution in [3.8, 4) is 0 Å². The van der Waals surface area contributed by atoms with Gasteiger partial charge < -0.3 is 10.1 Å². The molecule has 120 valence electrons. The van der Waals surface area contributed by atoms with E-state index in [4.69, 9.17) is 4.74 Å². The predicted molar refractivity (Wildman–Crippen MR) is 95.2 cm³/mol. The third-order valence-corrected chi connectivity index (χ3v) is 6.55. The number of rotatable bonds is 7. The van der Waals surface area contributed by atoms with Gasteiger partial charge in [0.1, 0.15) is 0 Å². The highest BCUT2D eigenvalue weighted by Gasteiger charge is 2.41. The van der Waals surface area contributed by atoms with E-state index >= 15 is 0 Å². The van der Waals surface area contributed by atoms with E-state index in [0.29, 0.717) is 6.04 Å². The zero-order valence-corrected chi connectivity index (χ0v) is 15.9. The first-order chi connectivity index (χ1) is 10.1.